The first kappa shape index (κ1) is 18.7. The largest absolute Gasteiger partial charge is 0.480 e. The van der Waals surface area contributed by atoms with Crippen molar-refractivity contribution in [1.82, 2.24) is 5.32 Å². The van der Waals surface area contributed by atoms with Crippen molar-refractivity contribution >= 4 is 29.4 Å². The Hall–Kier alpha value is -2.35. The van der Waals surface area contributed by atoms with E-state index in [0.717, 1.165) is 6.07 Å². The van der Waals surface area contributed by atoms with Crippen LogP contribution in [0.4, 0.5) is 10.5 Å². The number of nitrogens with zero attached hydrogens (tertiary/aromatic N) is 1. The number of aliphatic carboxylic acids is 1. The number of hydrogen-bond donors (Lipinski definition) is 2. The quantitative estimate of drug-likeness (QED) is 0.626. The summed E-state index contributed by atoms with van der Waals surface area (Å²) in [4.78, 5) is 33.3. The van der Waals surface area contributed by atoms with Crippen molar-refractivity contribution in [2.45, 2.75) is 38.8 Å². The molecule has 0 fully saturated rings. The molecule has 8 nitrogen and oxygen atoms in total. The minimum absolute atomic E-state index is 0.142. The van der Waals surface area contributed by atoms with E-state index in [4.69, 9.17) is 16.3 Å². The minimum atomic E-state index is -1.37. The predicted octanol–water partition coefficient (Wildman–Crippen LogP) is 2.77. The summed E-state index contributed by atoms with van der Waals surface area (Å²) in [5.74, 6) is -1.33. The summed E-state index contributed by atoms with van der Waals surface area (Å²) in [6.07, 6.45) is -1.19. The van der Waals surface area contributed by atoms with Gasteiger partial charge in [0.05, 0.1) is 4.92 Å². The molecule has 0 aliphatic rings. The lowest BCUT2D eigenvalue weighted by Gasteiger charge is -2.22. The van der Waals surface area contributed by atoms with Crippen molar-refractivity contribution < 1.29 is 24.4 Å². The molecule has 1 atom stereocenters. The molecule has 0 aromatic heterocycles. The van der Waals surface area contributed by atoms with E-state index in [1.54, 1.807) is 20.8 Å². The van der Waals surface area contributed by atoms with Gasteiger partial charge in [0.1, 0.15) is 11.6 Å². The van der Waals surface area contributed by atoms with Gasteiger partial charge >= 0.3 is 12.1 Å². The van der Waals surface area contributed by atoms with Gasteiger partial charge in [0.25, 0.3) is 5.69 Å². The van der Waals surface area contributed by atoms with Gasteiger partial charge in [-0.05, 0) is 26.8 Å². The average molecular weight is 345 g/mol. The molecule has 1 amide bonds. The first-order valence-electron chi connectivity index (χ1n) is 6.65. The van der Waals surface area contributed by atoms with E-state index in [1.807, 2.05) is 0 Å². The van der Waals surface area contributed by atoms with Crippen LogP contribution in [0.3, 0.4) is 0 Å². The average Bonchev–Trinajstić information content (AvgIpc) is 2.37. The Morgan fingerprint density at radius 1 is 1.43 bits per heavy atom. The zero-order valence-corrected chi connectivity index (χ0v) is 13.6. The Bertz CT molecular complexity index is 626. The molecule has 0 aliphatic heterocycles. The molecule has 0 spiro atoms. The van der Waals surface area contributed by atoms with Gasteiger partial charge in [-0.1, -0.05) is 17.7 Å². The van der Waals surface area contributed by atoms with E-state index >= 15 is 0 Å². The van der Waals surface area contributed by atoms with E-state index in [2.05, 4.69) is 5.32 Å². The molecule has 23 heavy (non-hydrogen) atoms. The highest BCUT2D eigenvalue weighted by Crippen LogP contribution is 2.24. The second-order valence-electron chi connectivity index (χ2n) is 5.77. The number of nitrogens with one attached hydrogen (secondary N) is 1. The van der Waals surface area contributed by atoms with Crippen LogP contribution >= 0.6 is 11.6 Å². The van der Waals surface area contributed by atoms with Gasteiger partial charge in [-0.3, -0.25) is 10.1 Å². The third kappa shape index (κ3) is 6.11. The highest BCUT2D eigenvalue weighted by molar-refractivity contribution is 6.30. The fourth-order valence-corrected chi connectivity index (χ4v) is 1.92. The highest BCUT2D eigenvalue weighted by Gasteiger charge is 2.27. The second-order valence-corrected chi connectivity index (χ2v) is 6.21. The molecule has 0 bridgehead atoms. The van der Waals surface area contributed by atoms with E-state index in [1.165, 1.54) is 12.1 Å². The van der Waals surface area contributed by atoms with Crippen molar-refractivity contribution in [1.29, 1.82) is 0 Å². The Kier molecular flexibility index (Phi) is 5.91. The topological polar surface area (TPSA) is 119 Å². The zero-order valence-electron chi connectivity index (χ0n) is 12.8. The maximum atomic E-state index is 11.7. The predicted molar refractivity (Wildman–Crippen MR) is 82.6 cm³/mol. The lowest BCUT2D eigenvalue weighted by Crippen LogP contribution is -2.44. The summed E-state index contributed by atoms with van der Waals surface area (Å²) in [5, 5.41) is 22.6. The molecule has 1 aromatic rings. The van der Waals surface area contributed by atoms with Crippen molar-refractivity contribution in [2.24, 2.45) is 0 Å². The highest BCUT2D eigenvalue weighted by atomic mass is 35.5. The van der Waals surface area contributed by atoms with E-state index < -0.39 is 28.6 Å². The van der Waals surface area contributed by atoms with Crippen LogP contribution in [-0.2, 0) is 16.0 Å². The van der Waals surface area contributed by atoms with Gasteiger partial charge < -0.3 is 15.2 Å². The molecule has 126 valence electrons. The second kappa shape index (κ2) is 7.28. The summed E-state index contributed by atoms with van der Waals surface area (Å²) < 4.78 is 4.98. The fraction of sp³-hybridized carbons (Fsp3) is 0.429. The Morgan fingerprint density at radius 3 is 2.52 bits per heavy atom. The Balaban J connectivity index is 2.95. The van der Waals surface area contributed by atoms with Crippen LogP contribution in [0.25, 0.3) is 0 Å². The summed E-state index contributed by atoms with van der Waals surface area (Å²) in [6.45, 7) is 4.89. The van der Waals surface area contributed by atoms with Crippen LogP contribution in [0.5, 0.6) is 0 Å². The van der Waals surface area contributed by atoms with Crippen LogP contribution in [0, 0.1) is 10.1 Å². The van der Waals surface area contributed by atoms with Crippen molar-refractivity contribution in [3.8, 4) is 0 Å². The molecular weight excluding hydrogens is 328 g/mol. The molecule has 0 saturated carbocycles. The summed E-state index contributed by atoms with van der Waals surface area (Å²) in [7, 11) is 0. The van der Waals surface area contributed by atoms with Gasteiger partial charge in [-0.15, -0.1) is 0 Å². The van der Waals surface area contributed by atoms with Crippen molar-refractivity contribution in [2.75, 3.05) is 0 Å². The maximum absolute atomic E-state index is 11.7. The number of carboxylic acid groups (broad SMARTS) is 1. The zero-order chi connectivity index (χ0) is 17.8. The lowest BCUT2D eigenvalue weighted by molar-refractivity contribution is -0.385. The van der Waals surface area contributed by atoms with Gasteiger partial charge in [-0.2, -0.15) is 0 Å². The molecule has 0 heterocycles. The molecule has 1 aromatic carbocycles. The third-order valence-corrected chi connectivity index (χ3v) is 2.89. The molecule has 0 aliphatic carbocycles. The van der Waals surface area contributed by atoms with Crippen LogP contribution in [0.1, 0.15) is 26.3 Å². The van der Waals surface area contributed by atoms with Crippen molar-refractivity contribution in [3.05, 3.63) is 38.9 Å². The number of nitro benzene ring substituents is 1. The van der Waals surface area contributed by atoms with E-state index in [-0.39, 0.29) is 22.7 Å². The molecule has 0 radical (unpaired) electrons. The number of nitro groups is 1. The van der Waals surface area contributed by atoms with E-state index in [9.17, 15) is 24.8 Å². The number of amides is 1. The standard InChI is InChI=1S/C14H17ClN2O6/c1-14(2,3)23-13(20)16-10(12(18)19)6-8-4-5-9(15)7-11(8)17(21)22/h4-5,7,10H,6H2,1-3H3,(H,16,20)(H,18,19). The SMILES string of the molecule is CC(C)(C)OC(=O)NC(Cc1ccc(Cl)cc1[N+](=O)[O-])C(=O)O. The number of halogens is 1. The fourth-order valence-electron chi connectivity index (χ4n) is 1.75. The number of ether oxygens (including phenoxy) is 1. The van der Waals surface area contributed by atoms with Crippen LogP contribution in [0.15, 0.2) is 18.2 Å². The number of carbonyl (C=O) groups is 2. The van der Waals surface area contributed by atoms with Gasteiger partial charge in [0, 0.05) is 23.1 Å². The van der Waals surface area contributed by atoms with Gasteiger partial charge in [0.2, 0.25) is 0 Å². The number of carbonyl (C=O) groups excluding carboxylic acids is 1. The first-order valence-corrected chi connectivity index (χ1v) is 7.02. The first-order chi connectivity index (χ1) is 10.5. The molecular formula is C14H17ClN2O6. The summed E-state index contributed by atoms with van der Waals surface area (Å²) in [5.41, 5.74) is -0.961. The van der Waals surface area contributed by atoms with Crippen LogP contribution in [-0.4, -0.2) is 33.7 Å². The van der Waals surface area contributed by atoms with Gasteiger partial charge in [0.15, 0.2) is 0 Å². The number of benzene rings is 1. The maximum Gasteiger partial charge on any atom is 0.408 e. The minimum Gasteiger partial charge on any atom is -0.480 e. The Morgan fingerprint density at radius 2 is 2.04 bits per heavy atom. The number of carboxylic acids is 1. The lowest BCUT2D eigenvalue weighted by atomic mass is 10.0. The number of hydrogen-bond acceptors (Lipinski definition) is 5. The normalized spacial score (nSPS) is 12.3. The Labute approximate surface area is 137 Å². The van der Waals surface area contributed by atoms with Gasteiger partial charge in [-0.25, -0.2) is 9.59 Å². The molecule has 2 N–H and O–H groups in total. The molecule has 1 unspecified atom stereocenters. The molecule has 9 heteroatoms. The molecule has 0 saturated heterocycles. The third-order valence-electron chi connectivity index (χ3n) is 2.66. The van der Waals surface area contributed by atoms with E-state index in [0.29, 0.717) is 0 Å². The number of alkyl carbamates (subject to hydrolysis) is 1. The summed E-state index contributed by atoms with van der Waals surface area (Å²) >= 11 is 5.71. The smallest absolute Gasteiger partial charge is 0.408 e. The van der Waals surface area contributed by atoms with Crippen molar-refractivity contribution in [3.63, 3.8) is 0 Å². The number of rotatable bonds is 5. The summed E-state index contributed by atoms with van der Waals surface area (Å²) in [6, 6.07) is 2.52. The van der Waals surface area contributed by atoms with Crippen LogP contribution in [0.2, 0.25) is 5.02 Å². The van der Waals surface area contributed by atoms with Crippen LogP contribution < -0.4 is 5.32 Å². The molecule has 1 rings (SSSR count). The monoisotopic (exact) mass is 344 g/mol.